The summed E-state index contributed by atoms with van der Waals surface area (Å²) < 4.78 is 0. The molecule has 1 amide bonds. The van der Waals surface area contributed by atoms with E-state index in [4.69, 9.17) is 0 Å². The predicted molar refractivity (Wildman–Crippen MR) is 66.7 cm³/mol. The van der Waals surface area contributed by atoms with Crippen LogP contribution in [0, 0.1) is 5.41 Å². The fraction of sp³-hybridized carbons (Fsp3) is 0.923. The molecule has 3 rings (SSSR count). The minimum atomic E-state index is 0.0811. The Morgan fingerprint density at radius 1 is 1.29 bits per heavy atom. The van der Waals surface area contributed by atoms with Gasteiger partial charge < -0.3 is 15.5 Å². The summed E-state index contributed by atoms with van der Waals surface area (Å²) in [5.74, 6) is 0.0811. The molecule has 0 aromatic rings. The lowest BCUT2D eigenvalue weighted by Gasteiger charge is -2.59. The summed E-state index contributed by atoms with van der Waals surface area (Å²) in [7, 11) is 0. The van der Waals surface area contributed by atoms with Crippen molar-refractivity contribution in [2.24, 2.45) is 5.41 Å². The summed E-state index contributed by atoms with van der Waals surface area (Å²) in [5, 5.41) is 6.57. The van der Waals surface area contributed by atoms with E-state index in [0.717, 1.165) is 25.2 Å². The molecule has 1 saturated heterocycles. The predicted octanol–water partition coefficient (Wildman–Crippen LogP) is 0.339. The first-order valence-electron chi connectivity index (χ1n) is 6.88. The molecule has 2 N–H and O–H groups in total. The van der Waals surface area contributed by atoms with Gasteiger partial charge >= 0.3 is 0 Å². The van der Waals surface area contributed by atoms with E-state index in [-0.39, 0.29) is 5.91 Å². The summed E-state index contributed by atoms with van der Waals surface area (Å²) in [6.07, 6.45) is 5.54. The molecule has 0 unspecified atom stereocenters. The number of nitrogens with one attached hydrogen (secondary N) is 2. The van der Waals surface area contributed by atoms with Crippen LogP contribution in [0.5, 0.6) is 0 Å². The summed E-state index contributed by atoms with van der Waals surface area (Å²) in [6, 6.07) is 1.66. The zero-order valence-electron chi connectivity index (χ0n) is 10.7. The molecule has 4 heteroatoms. The third kappa shape index (κ3) is 2.63. The number of amides is 1. The average Bonchev–Trinajstić information content (AvgIpc) is 2.93. The number of nitrogens with zero attached hydrogens (tertiary/aromatic N) is 1. The van der Waals surface area contributed by atoms with Crippen molar-refractivity contribution in [2.45, 2.75) is 44.7 Å². The van der Waals surface area contributed by atoms with Gasteiger partial charge in [0.1, 0.15) is 0 Å². The zero-order chi connectivity index (χ0) is 11.9. The van der Waals surface area contributed by atoms with Crippen LogP contribution in [0.2, 0.25) is 0 Å². The first kappa shape index (κ1) is 11.5. The van der Waals surface area contributed by atoms with Crippen molar-refractivity contribution in [3.05, 3.63) is 0 Å². The van der Waals surface area contributed by atoms with Crippen LogP contribution in [0.25, 0.3) is 0 Å². The monoisotopic (exact) mass is 237 g/mol. The van der Waals surface area contributed by atoms with Crippen LogP contribution in [0.1, 0.15) is 32.6 Å². The quantitative estimate of drug-likeness (QED) is 0.725. The number of hydrogen-bond donors (Lipinski definition) is 2. The largest absolute Gasteiger partial charge is 0.355 e. The molecule has 0 atom stereocenters. The van der Waals surface area contributed by atoms with Gasteiger partial charge in [0.15, 0.2) is 0 Å². The van der Waals surface area contributed by atoms with Crippen LogP contribution in [0.4, 0.5) is 0 Å². The topological polar surface area (TPSA) is 44.4 Å². The van der Waals surface area contributed by atoms with E-state index < -0.39 is 0 Å². The van der Waals surface area contributed by atoms with E-state index in [0.29, 0.717) is 5.41 Å². The highest BCUT2D eigenvalue weighted by atomic mass is 16.1. The lowest BCUT2D eigenvalue weighted by molar-refractivity contribution is -0.119. The van der Waals surface area contributed by atoms with Crippen LogP contribution in [-0.4, -0.2) is 49.1 Å². The van der Waals surface area contributed by atoms with E-state index in [1.54, 1.807) is 6.92 Å². The van der Waals surface area contributed by atoms with Crippen molar-refractivity contribution in [1.82, 2.24) is 15.5 Å². The Bertz CT molecular complexity index is 300. The minimum absolute atomic E-state index is 0.0811. The van der Waals surface area contributed by atoms with Crippen molar-refractivity contribution < 1.29 is 4.79 Å². The number of carbonyl (C=O) groups excluding carboxylic acids is 1. The highest BCUT2D eigenvalue weighted by Gasteiger charge is 2.52. The number of hydrogen-bond acceptors (Lipinski definition) is 3. The molecule has 0 aromatic carbocycles. The maximum atomic E-state index is 10.7. The van der Waals surface area contributed by atoms with Crippen LogP contribution in [-0.2, 0) is 4.79 Å². The highest BCUT2D eigenvalue weighted by Crippen LogP contribution is 2.48. The van der Waals surface area contributed by atoms with Gasteiger partial charge in [-0.25, -0.2) is 0 Å². The molecule has 0 aromatic heterocycles. The number of likely N-dealkylation sites (tertiary alicyclic amines) is 1. The molecule has 1 aliphatic heterocycles. The summed E-state index contributed by atoms with van der Waals surface area (Å²) in [6.45, 7) is 5.89. The summed E-state index contributed by atoms with van der Waals surface area (Å²) in [5.41, 5.74) is 0.642. The maximum Gasteiger partial charge on any atom is 0.216 e. The van der Waals surface area contributed by atoms with Gasteiger partial charge in [0.25, 0.3) is 0 Å². The first-order valence-corrected chi connectivity index (χ1v) is 6.88. The molecule has 1 heterocycles. The molecule has 17 heavy (non-hydrogen) atoms. The lowest BCUT2D eigenvalue weighted by atomic mass is 9.60. The number of carbonyl (C=O) groups is 1. The van der Waals surface area contributed by atoms with Crippen molar-refractivity contribution in [1.29, 1.82) is 0 Å². The zero-order valence-corrected chi connectivity index (χ0v) is 10.7. The van der Waals surface area contributed by atoms with Gasteiger partial charge in [0.05, 0.1) is 0 Å². The van der Waals surface area contributed by atoms with E-state index in [1.807, 2.05) is 0 Å². The van der Waals surface area contributed by atoms with E-state index in [1.165, 1.54) is 38.8 Å². The standard InChI is InChI=1S/C13H23N3O/c1-10(17)14-4-5-16-8-13(9-16)6-12(7-13)15-11-2-3-11/h11-12,15H,2-9H2,1H3,(H,14,17). The molecule has 3 aliphatic rings. The lowest BCUT2D eigenvalue weighted by Crippen LogP contribution is -2.66. The second kappa shape index (κ2) is 4.25. The summed E-state index contributed by atoms with van der Waals surface area (Å²) in [4.78, 5) is 13.2. The van der Waals surface area contributed by atoms with E-state index in [9.17, 15) is 4.79 Å². The van der Waals surface area contributed by atoms with Gasteiger partial charge in [0.2, 0.25) is 5.91 Å². The fourth-order valence-corrected chi connectivity index (χ4v) is 3.40. The van der Waals surface area contributed by atoms with Gasteiger partial charge in [-0.05, 0) is 31.1 Å². The molecular formula is C13H23N3O. The Morgan fingerprint density at radius 2 is 2.00 bits per heavy atom. The third-order valence-corrected chi connectivity index (χ3v) is 4.33. The van der Waals surface area contributed by atoms with Gasteiger partial charge in [0, 0.05) is 45.2 Å². The number of rotatable bonds is 5. The van der Waals surface area contributed by atoms with Gasteiger partial charge in [-0.3, -0.25) is 4.79 Å². The molecule has 96 valence electrons. The molecular weight excluding hydrogens is 214 g/mol. The Labute approximate surface area is 103 Å². The second-order valence-electron chi connectivity index (χ2n) is 6.24. The van der Waals surface area contributed by atoms with Crippen molar-refractivity contribution in [3.63, 3.8) is 0 Å². The van der Waals surface area contributed by atoms with Crippen LogP contribution >= 0.6 is 0 Å². The second-order valence-corrected chi connectivity index (χ2v) is 6.24. The average molecular weight is 237 g/mol. The maximum absolute atomic E-state index is 10.7. The van der Waals surface area contributed by atoms with Gasteiger partial charge in [-0.15, -0.1) is 0 Å². The Hall–Kier alpha value is -0.610. The van der Waals surface area contributed by atoms with E-state index >= 15 is 0 Å². The minimum Gasteiger partial charge on any atom is -0.355 e. The van der Waals surface area contributed by atoms with Crippen molar-refractivity contribution in [3.8, 4) is 0 Å². The molecule has 2 saturated carbocycles. The molecule has 4 nitrogen and oxygen atoms in total. The molecule has 3 fully saturated rings. The van der Waals surface area contributed by atoms with Crippen molar-refractivity contribution >= 4 is 5.91 Å². The Morgan fingerprint density at radius 3 is 2.59 bits per heavy atom. The molecule has 0 radical (unpaired) electrons. The van der Waals surface area contributed by atoms with Gasteiger partial charge in [-0.2, -0.15) is 0 Å². The Kier molecular flexibility index (Phi) is 2.87. The Balaban J connectivity index is 1.28. The van der Waals surface area contributed by atoms with Gasteiger partial charge in [-0.1, -0.05) is 0 Å². The normalized spacial score (nSPS) is 27.6. The van der Waals surface area contributed by atoms with Crippen LogP contribution in [0.15, 0.2) is 0 Å². The third-order valence-electron chi connectivity index (χ3n) is 4.33. The summed E-state index contributed by atoms with van der Waals surface area (Å²) >= 11 is 0. The van der Waals surface area contributed by atoms with E-state index in [2.05, 4.69) is 15.5 Å². The highest BCUT2D eigenvalue weighted by molar-refractivity contribution is 5.72. The smallest absolute Gasteiger partial charge is 0.216 e. The molecule has 1 spiro atoms. The van der Waals surface area contributed by atoms with Crippen LogP contribution in [0.3, 0.4) is 0 Å². The SMILES string of the molecule is CC(=O)NCCN1CC2(CC(NC3CC3)C2)C1. The fourth-order valence-electron chi connectivity index (χ4n) is 3.40. The molecule has 0 bridgehead atoms. The van der Waals surface area contributed by atoms with Crippen LogP contribution < -0.4 is 10.6 Å². The van der Waals surface area contributed by atoms with Crippen molar-refractivity contribution in [2.75, 3.05) is 26.2 Å². The first-order chi connectivity index (χ1) is 8.15. The molecule has 2 aliphatic carbocycles.